The lowest BCUT2D eigenvalue weighted by molar-refractivity contribution is 0.0696. The number of rotatable bonds is 7. The molecule has 0 radical (unpaired) electrons. The summed E-state index contributed by atoms with van der Waals surface area (Å²) in [5, 5.41) is 9.60. The molecule has 0 atom stereocenters. The first-order chi connectivity index (χ1) is 14.6. The van der Waals surface area contributed by atoms with Crippen molar-refractivity contribution in [2.75, 3.05) is 6.61 Å². The number of fused-ring (bicyclic) bond motifs is 2. The number of nitrogens with zero attached hydrogens (tertiary/aromatic N) is 5. The second-order valence-corrected chi connectivity index (χ2v) is 14.1. The highest BCUT2D eigenvalue weighted by Crippen LogP contribution is 2.27. The molecule has 8 nitrogen and oxygen atoms in total. The molecular weight excluding hydrogens is 424 g/mol. The smallest absolute Gasteiger partial charge is 0.339 e. The quantitative estimate of drug-likeness (QED) is 0.341. The highest BCUT2D eigenvalue weighted by molar-refractivity contribution is 6.76. The maximum atomic E-state index is 14.3. The molecule has 0 unspecified atom stereocenters. The largest absolute Gasteiger partial charge is 0.478 e. The molecule has 0 spiro atoms. The number of hydrogen-bond acceptors (Lipinski definition) is 5. The minimum Gasteiger partial charge on any atom is -0.478 e. The van der Waals surface area contributed by atoms with Crippen molar-refractivity contribution >= 4 is 30.7 Å². The van der Waals surface area contributed by atoms with Crippen LogP contribution in [-0.2, 0) is 11.5 Å². The topological polar surface area (TPSA) is 94.5 Å². The molecule has 4 aromatic heterocycles. The van der Waals surface area contributed by atoms with Crippen molar-refractivity contribution < 1.29 is 23.4 Å². The van der Waals surface area contributed by atoms with Crippen LogP contribution in [0.4, 0.5) is 8.78 Å². The molecular formula is C20H21F2N5O3Si. The molecule has 31 heavy (non-hydrogen) atoms. The second-order valence-electron chi connectivity index (χ2n) is 8.45. The van der Waals surface area contributed by atoms with E-state index in [2.05, 4.69) is 34.6 Å². The van der Waals surface area contributed by atoms with Crippen LogP contribution >= 0.6 is 0 Å². The van der Waals surface area contributed by atoms with Crippen LogP contribution in [0.25, 0.3) is 28.1 Å². The lowest BCUT2D eigenvalue weighted by Gasteiger charge is -2.15. The predicted molar refractivity (Wildman–Crippen MR) is 113 cm³/mol. The van der Waals surface area contributed by atoms with Gasteiger partial charge in [0.15, 0.2) is 11.5 Å². The number of imidazole rings is 1. The first-order valence-corrected chi connectivity index (χ1v) is 13.3. The Morgan fingerprint density at radius 3 is 2.71 bits per heavy atom. The van der Waals surface area contributed by atoms with Crippen LogP contribution in [0.15, 0.2) is 31.0 Å². The third-order valence-electron chi connectivity index (χ3n) is 4.81. The Balaban J connectivity index is 1.72. The fourth-order valence-corrected chi connectivity index (χ4v) is 3.96. The maximum Gasteiger partial charge on any atom is 0.339 e. The molecule has 0 saturated heterocycles. The first-order valence-electron chi connectivity index (χ1n) is 9.63. The van der Waals surface area contributed by atoms with Gasteiger partial charge in [0, 0.05) is 33.1 Å². The van der Waals surface area contributed by atoms with Crippen molar-refractivity contribution in [1.29, 1.82) is 0 Å². The van der Waals surface area contributed by atoms with Crippen molar-refractivity contribution in [3.63, 3.8) is 0 Å². The highest BCUT2D eigenvalue weighted by Gasteiger charge is 2.21. The molecule has 4 aromatic rings. The summed E-state index contributed by atoms with van der Waals surface area (Å²) < 4.78 is 36.3. The Hall–Kier alpha value is -3.18. The van der Waals surface area contributed by atoms with E-state index in [1.165, 1.54) is 23.1 Å². The van der Waals surface area contributed by atoms with E-state index in [4.69, 9.17) is 4.74 Å². The summed E-state index contributed by atoms with van der Waals surface area (Å²) in [6.07, 6.45) is 5.17. The molecule has 0 fully saturated rings. The monoisotopic (exact) mass is 445 g/mol. The van der Waals surface area contributed by atoms with Crippen LogP contribution in [0.1, 0.15) is 10.4 Å². The predicted octanol–water partition coefficient (Wildman–Crippen LogP) is 4.03. The van der Waals surface area contributed by atoms with Gasteiger partial charge in [0.25, 0.3) is 0 Å². The summed E-state index contributed by atoms with van der Waals surface area (Å²) in [6, 6.07) is 1.73. The molecule has 11 heteroatoms. The van der Waals surface area contributed by atoms with E-state index in [1.807, 2.05) is 0 Å². The van der Waals surface area contributed by atoms with Gasteiger partial charge >= 0.3 is 5.97 Å². The average molecular weight is 446 g/mol. The number of halogens is 2. The molecule has 1 N–H and O–H groups in total. The Morgan fingerprint density at radius 2 is 2.00 bits per heavy atom. The molecule has 4 rings (SSSR count). The molecule has 0 aromatic carbocycles. The summed E-state index contributed by atoms with van der Waals surface area (Å²) in [7, 11) is -1.25. The van der Waals surface area contributed by atoms with E-state index in [0.717, 1.165) is 18.3 Å². The van der Waals surface area contributed by atoms with E-state index in [0.29, 0.717) is 12.3 Å². The molecule has 162 valence electrons. The number of carboxylic acids is 1. The number of pyridine rings is 1. The zero-order valence-electron chi connectivity index (χ0n) is 17.3. The zero-order chi connectivity index (χ0) is 22.3. The SMILES string of the molecule is C[Si](C)(C)CCOCn1cc(C(=O)O)c2nc(-c3ncn4cc(F)cc(F)c34)cnc21. The Labute approximate surface area is 177 Å². The van der Waals surface area contributed by atoms with Gasteiger partial charge in [-0.05, 0) is 6.04 Å². The minimum atomic E-state index is -1.25. The van der Waals surface area contributed by atoms with Crippen molar-refractivity contribution in [2.45, 2.75) is 32.4 Å². The van der Waals surface area contributed by atoms with Gasteiger partial charge in [-0.1, -0.05) is 19.6 Å². The van der Waals surface area contributed by atoms with Crippen LogP contribution in [0.5, 0.6) is 0 Å². The summed E-state index contributed by atoms with van der Waals surface area (Å²) in [5.74, 6) is -2.71. The Morgan fingerprint density at radius 1 is 1.23 bits per heavy atom. The third-order valence-corrected chi connectivity index (χ3v) is 6.52. The van der Waals surface area contributed by atoms with Crippen LogP contribution < -0.4 is 0 Å². The number of aromatic nitrogens is 5. The molecule has 0 aliphatic rings. The lowest BCUT2D eigenvalue weighted by atomic mass is 10.2. The number of carboxylic acid groups (broad SMARTS) is 1. The number of hydrogen-bond donors (Lipinski definition) is 1. The molecule has 0 saturated carbocycles. The number of aromatic carboxylic acids is 1. The van der Waals surface area contributed by atoms with Crippen molar-refractivity contribution in [3.05, 3.63) is 48.2 Å². The van der Waals surface area contributed by atoms with Crippen molar-refractivity contribution in [1.82, 2.24) is 23.9 Å². The van der Waals surface area contributed by atoms with Gasteiger partial charge in [0.1, 0.15) is 46.9 Å². The second kappa shape index (κ2) is 7.82. The van der Waals surface area contributed by atoms with Gasteiger partial charge in [-0.25, -0.2) is 28.5 Å². The molecule has 0 amide bonds. The van der Waals surface area contributed by atoms with Gasteiger partial charge in [-0.2, -0.15) is 0 Å². The van der Waals surface area contributed by atoms with Gasteiger partial charge in [0.2, 0.25) is 0 Å². The normalized spacial score (nSPS) is 12.2. The zero-order valence-corrected chi connectivity index (χ0v) is 18.3. The maximum absolute atomic E-state index is 14.3. The molecule has 4 heterocycles. The van der Waals surface area contributed by atoms with Crippen molar-refractivity contribution in [3.8, 4) is 11.4 Å². The first kappa shape index (κ1) is 21.1. The summed E-state index contributed by atoms with van der Waals surface area (Å²) in [4.78, 5) is 24.6. The lowest BCUT2D eigenvalue weighted by Crippen LogP contribution is -2.22. The molecule has 0 bridgehead atoms. The average Bonchev–Trinajstić information content (AvgIpc) is 3.26. The van der Waals surface area contributed by atoms with Crippen LogP contribution in [0.2, 0.25) is 25.7 Å². The molecule has 0 aliphatic heterocycles. The fourth-order valence-electron chi connectivity index (χ4n) is 3.20. The standard InChI is InChI=1S/C20H21F2N5O3Si/c1-31(2,3)5-4-30-11-27-9-13(20(28)29)16-19(27)23-7-15(25-16)17-18-14(22)6-12(21)8-26(18)10-24-17/h6-10H,4-5,11H2,1-3H3,(H,28,29). The van der Waals surface area contributed by atoms with Crippen LogP contribution in [0, 0.1) is 11.6 Å². The van der Waals surface area contributed by atoms with E-state index < -0.39 is 25.7 Å². The van der Waals surface area contributed by atoms with E-state index in [-0.39, 0.29) is 34.7 Å². The highest BCUT2D eigenvalue weighted by atomic mass is 28.3. The number of ether oxygens (including phenoxy) is 1. The van der Waals surface area contributed by atoms with Gasteiger partial charge in [-0.15, -0.1) is 0 Å². The van der Waals surface area contributed by atoms with E-state index in [1.54, 1.807) is 4.57 Å². The Kier molecular flexibility index (Phi) is 5.31. The summed E-state index contributed by atoms with van der Waals surface area (Å²) >= 11 is 0. The number of carbonyl (C=O) groups is 1. The van der Waals surface area contributed by atoms with Crippen LogP contribution in [-0.4, -0.2) is 49.7 Å². The van der Waals surface area contributed by atoms with Crippen molar-refractivity contribution in [2.24, 2.45) is 0 Å². The summed E-state index contributed by atoms with van der Waals surface area (Å²) in [6.45, 7) is 7.44. The van der Waals surface area contributed by atoms with Crippen LogP contribution in [0.3, 0.4) is 0 Å². The van der Waals surface area contributed by atoms with Gasteiger partial charge in [0.05, 0.1) is 6.20 Å². The third kappa shape index (κ3) is 4.19. The fraction of sp³-hybridized carbons (Fsp3) is 0.300. The molecule has 0 aliphatic carbocycles. The van der Waals surface area contributed by atoms with Gasteiger partial charge in [-0.3, -0.25) is 0 Å². The van der Waals surface area contributed by atoms with E-state index >= 15 is 0 Å². The van der Waals surface area contributed by atoms with Gasteiger partial charge < -0.3 is 18.8 Å². The summed E-state index contributed by atoms with van der Waals surface area (Å²) in [5.41, 5.74) is 0.781. The minimum absolute atomic E-state index is 0.0287. The Bertz CT molecular complexity index is 1300. The van der Waals surface area contributed by atoms with E-state index in [9.17, 15) is 18.7 Å².